The molecule has 0 amide bonds. The van der Waals surface area contributed by atoms with Gasteiger partial charge in [0.1, 0.15) is 0 Å². The Balaban J connectivity index is 1.41. The molecular formula is C20H20FN3. The monoisotopic (exact) mass is 321 g/mol. The van der Waals surface area contributed by atoms with Crippen LogP contribution >= 0.6 is 0 Å². The summed E-state index contributed by atoms with van der Waals surface area (Å²) in [6, 6.07) is 18.6. The van der Waals surface area contributed by atoms with Crippen molar-refractivity contribution in [2.24, 2.45) is 0 Å². The fraction of sp³-hybridized carbons (Fsp3) is 0.250. The van der Waals surface area contributed by atoms with E-state index >= 15 is 0 Å². The summed E-state index contributed by atoms with van der Waals surface area (Å²) >= 11 is 0. The van der Waals surface area contributed by atoms with Crippen LogP contribution in [0.15, 0.2) is 60.8 Å². The Morgan fingerprint density at radius 2 is 1.96 bits per heavy atom. The molecule has 1 N–H and O–H groups in total. The van der Waals surface area contributed by atoms with Gasteiger partial charge in [-0.25, -0.2) is 4.98 Å². The van der Waals surface area contributed by atoms with E-state index in [0.717, 1.165) is 31.7 Å². The van der Waals surface area contributed by atoms with Crippen LogP contribution in [-0.2, 0) is 6.54 Å². The SMILES string of the molecule is Fc1ccc(N2CCC(NCc3cccc4ccccc34)C2)cn1. The normalized spacial score (nSPS) is 17.5. The number of rotatable bonds is 4. The molecule has 0 radical (unpaired) electrons. The van der Waals surface area contributed by atoms with Crippen LogP contribution in [-0.4, -0.2) is 24.1 Å². The number of anilines is 1. The first-order valence-corrected chi connectivity index (χ1v) is 8.36. The molecule has 1 aliphatic rings. The zero-order valence-corrected chi connectivity index (χ0v) is 13.5. The maximum absolute atomic E-state index is 12.9. The number of halogens is 1. The zero-order valence-electron chi connectivity index (χ0n) is 13.5. The molecular weight excluding hydrogens is 301 g/mol. The molecule has 4 heteroatoms. The third-order valence-corrected chi connectivity index (χ3v) is 4.73. The van der Waals surface area contributed by atoms with E-state index in [9.17, 15) is 4.39 Å². The van der Waals surface area contributed by atoms with Crippen LogP contribution in [0.4, 0.5) is 10.1 Å². The van der Waals surface area contributed by atoms with Crippen LogP contribution < -0.4 is 10.2 Å². The highest BCUT2D eigenvalue weighted by atomic mass is 19.1. The minimum atomic E-state index is -0.427. The Morgan fingerprint density at radius 3 is 2.83 bits per heavy atom. The lowest BCUT2D eigenvalue weighted by molar-refractivity contribution is 0.552. The van der Waals surface area contributed by atoms with Gasteiger partial charge in [0.2, 0.25) is 5.95 Å². The molecule has 1 aromatic heterocycles. The molecule has 24 heavy (non-hydrogen) atoms. The molecule has 0 spiro atoms. The highest BCUT2D eigenvalue weighted by Crippen LogP contribution is 2.21. The Morgan fingerprint density at radius 1 is 1.08 bits per heavy atom. The van der Waals surface area contributed by atoms with Crippen molar-refractivity contribution in [3.8, 4) is 0 Å². The number of nitrogens with one attached hydrogen (secondary N) is 1. The van der Waals surface area contributed by atoms with Gasteiger partial charge in [-0.2, -0.15) is 4.39 Å². The predicted molar refractivity (Wildman–Crippen MR) is 95.6 cm³/mol. The van der Waals surface area contributed by atoms with Crippen LogP contribution in [0.1, 0.15) is 12.0 Å². The van der Waals surface area contributed by atoms with Gasteiger partial charge in [0.05, 0.1) is 11.9 Å². The number of hydrogen-bond acceptors (Lipinski definition) is 3. The molecule has 3 nitrogen and oxygen atoms in total. The third kappa shape index (κ3) is 3.10. The molecule has 0 bridgehead atoms. The molecule has 2 aromatic carbocycles. The second-order valence-electron chi connectivity index (χ2n) is 6.29. The van der Waals surface area contributed by atoms with Crippen LogP contribution in [0.3, 0.4) is 0 Å². The number of benzene rings is 2. The lowest BCUT2D eigenvalue weighted by Crippen LogP contribution is -2.32. The number of nitrogens with zero attached hydrogens (tertiary/aromatic N) is 2. The summed E-state index contributed by atoms with van der Waals surface area (Å²) in [5.74, 6) is -0.427. The van der Waals surface area contributed by atoms with Gasteiger partial charge in [-0.15, -0.1) is 0 Å². The summed E-state index contributed by atoms with van der Waals surface area (Å²) in [7, 11) is 0. The van der Waals surface area contributed by atoms with Crippen molar-refractivity contribution in [1.29, 1.82) is 0 Å². The molecule has 0 saturated carbocycles. The molecule has 1 fully saturated rings. The van der Waals surface area contributed by atoms with E-state index in [-0.39, 0.29) is 0 Å². The predicted octanol–water partition coefficient (Wildman–Crippen LogP) is 3.74. The fourth-order valence-electron chi connectivity index (χ4n) is 3.42. The topological polar surface area (TPSA) is 28.2 Å². The Hall–Kier alpha value is -2.46. The van der Waals surface area contributed by atoms with Gasteiger partial charge >= 0.3 is 0 Å². The van der Waals surface area contributed by atoms with E-state index in [2.05, 4.69) is 57.7 Å². The molecule has 2 heterocycles. The van der Waals surface area contributed by atoms with Crippen molar-refractivity contribution in [2.45, 2.75) is 19.0 Å². The van der Waals surface area contributed by atoms with Gasteiger partial charge in [-0.05, 0) is 34.9 Å². The number of aromatic nitrogens is 1. The second-order valence-corrected chi connectivity index (χ2v) is 6.29. The van der Waals surface area contributed by atoms with E-state index in [4.69, 9.17) is 0 Å². The second kappa shape index (κ2) is 6.57. The van der Waals surface area contributed by atoms with Crippen molar-refractivity contribution >= 4 is 16.5 Å². The summed E-state index contributed by atoms with van der Waals surface area (Å²) in [6.07, 6.45) is 2.70. The van der Waals surface area contributed by atoms with Gasteiger partial charge in [-0.1, -0.05) is 42.5 Å². The lowest BCUT2D eigenvalue weighted by atomic mass is 10.0. The molecule has 0 aliphatic carbocycles. The Bertz CT molecular complexity index is 826. The Kier molecular flexibility index (Phi) is 4.13. The number of pyridine rings is 1. The van der Waals surface area contributed by atoms with Gasteiger partial charge < -0.3 is 10.2 Å². The van der Waals surface area contributed by atoms with E-state index in [1.165, 1.54) is 22.4 Å². The van der Waals surface area contributed by atoms with Crippen molar-refractivity contribution in [3.63, 3.8) is 0 Å². The summed E-state index contributed by atoms with van der Waals surface area (Å²) in [4.78, 5) is 6.00. The standard InChI is InChI=1S/C20H20FN3/c21-20-9-8-18(13-23-20)24-11-10-17(14-24)22-12-16-6-3-5-15-4-1-2-7-19(15)16/h1-9,13,17,22H,10-12,14H2. The lowest BCUT2D eigenvalue weighted by Gasteiger charge is -2.19. The van der Waals surface area contributed by atoms with E-state index in [0.29, 0.717) is 6.04 Å². The maximum Gasteiger partial charge on any atom is 0.212 e. The van der Waals surface area contributed by atoms with Crippen LogP contribution in [0.25, 0.3) is 10.8 Å². The molecule has 4 rings (SSSR count). The number of fused-ring (bicyclic) bond motifs is 1. The third-order valence-electron chi connectivity index (χ3n) is 4.73. The van der Waals surface area contributed by atoms with Crippen molar-refractivity contribution in [1.82, 2.24) is 10.3 Å². The average molecular weight is 321 g/mol. The van der Waals surface area contributed by atoms with Crippen LogP contribution in [0, 0.1) is 5.95 Å². The maximum atomic E-state index is 12.9. The highest BCUT2D eigenvalue weighted by Gasteiger charge is 2.22. The highest BCUT2D eigenvalue weighted by molar-refractivity contribution is 5.85. The molecule has 1 aliphatic heterocycles. The minimum absolute atomic E-state index is 0.427. The first-order valence-electron chi connectivity index (χ1n) is 8.36. The van der Waals surface area contributed by atoms with Crippen molar-refractivity contribution in [3.05, 3.63) is 72.3 Å². The van der Waals surface area contributed by atoms with E-state index in [1.807, 2.05) is 0 Å². The van der Waals surface area contributed by atoms with Gasteiger partial charge in [0, 0.05) is 25.7 Å². The summed E-state index contributed by atoms with van der Waals surface area (Å²) < 4.78 is 12.9. The molecule has 3 aromatic rings. The van der Waals surface area contributed by atoms with E-state index in [1.54, 1.807) is 12.3 Å². The first kappa shape index (κ1) is 15.1. The van der Waals surface area contributed by atoms with Crippen LogP contribution in [0.2, 0.25) is 0 Å². The van der Waals surface area contributed by atoms with Gasteiger partial charge in [0.25, 0.3) is 0 Å². The van der Waals surface area contributed by atoms with E-state index < -0.39 is 5.95 Å². The molecule has 1 saturated heterocycles. The van der Waals surface area contributed by atoms with Crippen LogP contribution in [0.5, 0.6) is 0 Å². The van der Waals surface area contributed by atoms with Crippen molar-refractivity contribution in [2.75, 3.05) is 18.0 Å². The van der Waals surface area contributed by atoms with Crippen molar-refractivity contribution < 1.29 is 4.39 Å². The van der Waals surface area contributed by atoms with Gasteiger partial charge in [-0.3, -0.25) is 0 Å². The molecule has 1 atom stereocenters. The Labute approximate surface area is 141 Å². The average Bonchev–Trinajstić information content (AvgIpc) is 3.09. The summed E-state index contributed by atoms with van der Waals surface area (Å²) in [5, 5.41) is 6.26. The molecule has 1 unspecified atom stereocenters. The fourth-order valence-corrected chi connectivity index (χ4v) is 3.42. The zero-order chi connectivity index (χ0) is 16.4. The summed E-state index contributed by atoms with van der Waals surface area (Å²) in [5.41, 5.74) is 2.32. The molecule has 122 valence electrons. The first-order chi connectivity index (χ1) is 11.8. The largest absolute Gasteiger partial charge is 0.369 e. The van der Waals surface area contributed by atoms with Gasteiger partial charge in [0.15, 0.2) is 0 Å². The smallest absolute Gasteiger partial charge is 0.212 e. The quantitative estimate of drug-likeness (QED) is 0.742. The number of hydrogen-bond donors (Lipinski definition) is 1. The minimum Gasteiger partial charge on any atom is -0.369 e. The summed E-state index contributed by atoms with van der Waals surface area (Å²) in [6.45, 7) is 2.76.